The molecule has 0 unspecified atom stereocenters. The van der Waals surface area contributed by atoms with E-state index in [1.54, 1.807) is 30.4 Å². The molecule has 10 heteroatoms. The van der Waals surface area contributed by atoms with E-state index in [2.05, 4.69) is 14.9 Å². The smallest absolute Gasteiger partial charge is 0.289 e. The molecule has 0 aromatic carbocycles. The number of imidazole rings is 1. The zero-order chi connectivity index (χ0) is 21.4. The lowest BCUT2D eigenvalue weighted by Crippen LogP contribution is -2.58. The number of carbonyl (C=O) groups excluding carboxylic acids is 1. The van der Waals surface area contributed by atoms with Gasteiger partial charge in [-0.2, -0.15) is 16.7 Å². The van der Waals surface area contributed by atoms with E-state index in [1.807, 2.05) is 28.8 Å². The second kappa shape index (κ2) is 8.16. The van der Waals surface area contributed by atoms with Gasteiger partial charge in [0.05, 0.1) is 37.0 Å². The fourth-order valence-electron chi connectivity index (χ4n) is 4.37. The minimum atomic E-state index is -0.285. The Hall–Kier alpha value is -2.59. The van der Waals surface area contributed by atoms with Crippen molar-refractivity contribution < 1.29 is 13.9 Å². The number of aromatic nitrogens is 4. The molecule has 1 amide bonds. The third-order valence-corrected chi connectivity index (χ3v) is 6.67. The molecular weight excluding hydrogens is 416 g/mol. The standard InChI is InChI=1S/C21H26N6O3S/c1-25-14-23-16-11-22-20(24-18(16)25)27-9-10-29-21(13-27)5-7-26(8-6-21)19(28)17-4-3-15(30-17)12-31-2/h3-4,11,14H,5-10,12-13H2,1-2H3. The topological polar surface area (TPSA) is 89.5 Å². The van der Waals surface area contributed by atoms with Gasteiger partial charge < -0.3 is 23.5 Å². The zero-order valence-corrected chi connectivity index (χ0v) is 18.6. The van der Waals surface area contributed by atoms with Crippen LogP contribution in [0.15, 0.2) is 29.1 Å². The van der Waals surface area contributed by atoms with E-state index in [1.165, 1.54) is 0 Å². The van der Waals surface area contributed by atoms with Crippen molar-refractivity contribution in [3.63, 3.8) is 0 Å². The van der Waals surface area contributed by atoms with E-state index < -0.39 is 0 Å². The Morgan fingerprint density at radius 2 is 2.06 bits per heavy atom. The summed E-state index contributed by atoms with van der Waals surface area (Å²) in [5.41, 5.74) is 1.33. The number of aryl methyl sites for hydroxylation is 1. The lowest BCUT2D eigenvalue weighted by Gasteiger charge is -2.47. The Morgan fingerprint density at radius 1 is 1.23 bits per heavy atom. The number of fused-ring (bicyclic) bond motifs is 1. The van der Waals surface area contributed by atoms with Gasteiger partial charge in [-0.25, -0.2) is 9.97 Å². The molecule has 9 nitrogen and oxygen atoms in total. The summed E-state index contributed by atoms with van der Waals surface area (Å²) in [5.74, 6) is 2.69. The van der Waals surface area contributed by atoms with E-state index in [0.29, 0.717) is 31.4 Å². The number of likely N-dealkylation sites (tertiary alicyclic amines) is 1. The minimum absolute atomic E-state index is 0.0418. The third-order valence-electron chi connectivity index (χ3n) is 6.09. The summed E-state index contributed by atoms with van der Waals surface area (Å²) in [5, 5.41) is 0. The van der Waals surface area contributed by atoms with Crippen LogP contribution in [-0.2, 0) is 17.5 Å². The number of rotatable bonds is 4. The molecule has 164 valence electrons. The molecule has 0 radical (unpaired) electrons. The predicted molar refractivity (Wildman–Crippen MR) is 118 cm³/mol. The maximum Gasteiger partial charge on any atom is 0.289 e. The van der Waals surface area contributed by atoms with E-state index >= 15 is 0 Å². The summed E-state index contributed by atoms with van der Waals surface area (Å²) in [6.07, 6.45) is 7.10. The highest BCUT2D eigenvalue weighted by Crippen LogP contribution is 2.32. The largest absolute Gasteiger partial charge is 0.455 e. The zero-order valence-electron chi connectivity index (χ0n) is 17.8. The first-order chi connectivity index (χ1) is 15.1. The van der Waals surface area contributed by atoms with E-state index in [0.717, 1.165) is 48.6 Å². The molecule has 0 bridgehead atoms. The maximum atomic E-state index is 12.9. The number of ether oxygens (including phenoxy) is 1. The molecule has 2 aliphatic heterocycles. The van der Waals surface area contributed by atoms with Crippen LogP contribution >= 0.6 is 11.8 Å². The van der Waals surface area contributed by atoms with Gasteiger partial charge in [0.15, 0.2) is 11.4 Å². The Morgan fingerprint density at radius 3 is 2.87 bits per heavy atom. The quantitative estimate of drug-likeness (QED) is 0.608. The SMILES string of the molecule is CSCc1ccc(C(=O)N2CCC3(CC2)CN(c2ncc4ncn(C)c4n2)CCO3)o1. The molecule has 0 saturated carbocycles. The van der Waals surface area contributed by atoms with Crippen LogP contribution in [0.3, 0.4) is 0 Å². The van der Waals surface area contributed by atoms with Gasteiger partial charge in [-0.3, -0.25) is 4.79 Å². The highest BCUT2D eigenvalue weighted by Gasteiger charge is 2.41. The van der Waals surface area contributed by atoms with Crippen molar-refractivity contribution in [1.29, 1.82) is 0 Å². The summed E-state index contributed by atoms with van der Waals surface area (Å²) in [4.78, 5) is 30.5. The molecule has 3 aromatic heterocycles. The summed E-state index contributed by atoms with van der Waals surface area (Å²) in [6, 6.07) is 3.67. The molecule has 2 saturated heterocycles. The average molecular weight is 443 g/mol. The Labute approximate surface area is 184 Å². The van der Waals surface area contributed by atoms with Gasteiger partial charge in [0.1, 0.15) is 11.3 Å². The number of thioether (sulfide) groups is 1. The van der Waals surface area contributed by atoms with Crippen LogP contribution in [-0.4, -0.2) is 75.0 Å². The summed E-state index contributed by atoms with van der Waals surface area (Å²) >= 11 is 1.68. The number of morpholine rings is 1. The maximum absolute atomic E-state index is 12.9. The molecule has 0 atom stereocenters. The molecule has 1 spiro atoms. The van der Waals surface area contributed by atoms with Gasteiger partial charge in [-0.1, -0.05) is 0 Å². The molecule has 5 rings (SSSR count). The monoisotopic (exact) mass is 442 g/mol. The van der Waals surface area contributed by atoms with Crippen LogP contribution in [0.4, 0.5) is 5.95 Å². The van der Waals surface area contributed by atoms with E-state index in [-0.39, 0.29) is 11.5 Å². The van der Waals surface area contributed by atoms with Crippen molar-refractivity contribution in [2.75, 3.05) is 43.9 Å². The van der Waals surface area contributed by atoms with Gasteiger partial charge in [0.25, 0.3) is 5.91 Å². The average Bonchev–Trinajstić information content (AvgIpc) is 3.41. The number of anilines is 1. The molecule has 0 aliphatic carbocycles. The van der Waals surface area contributed by atoms with Crippen LogP contribution in [0, 0.1) is 0 Å². The Kier molecular flexibility index (Phi) is 5.35. The van der Waals surface area contributed by atoms with E-state index in [9.17, 15) is 4.79 Å². The molecule has 31 heavy (non-hydrogen) atoms. The molecule has 5 heterocycles. The van der Waals surface area contributed by atoms with Crippen molar-refractivity contribution >= 4 is 34.8 Å². The summed E-state index contributed by atoms with van der Waals surface area (Å²) < 4.78 is 13.9. The molecular formula is C21H26N6O3S. The first kappa shape index (κ1) is 20.3. The molecule has 2 fully saturated rings. The number of amides is 1. The molecule has 2 aliphatic rings. The predicted octanol–water partition coefficient (Wildman–Crippen LogP) is 2.33. The fraction of sp³-hybridized carbons (Fsp3) is 0.524. The van der Waals surface area contributed by atoms with Crippen molar-refractivity contribution in [2.45, 2.75) is 24.2 Å². The number of nitrogens with zero attached hydrogens (tertiary/aromatic N) is 6. The van der Waals surface area contributed by atoms with Crippen LogP contribution in [0.5, 0.6) is 0 Å². The molecule has 3 aromatic rings. The Bertz CT molecular complexity index is 1090. The van der Waals surface area contributed by atoms with Gasteiger partial charge in [-0.05, 0) is 31.2 Å². The number of hydrogen-bond acceptors (Lipinski definition) is 8. The van der Waals surface area contributed by atoms with Gasteiger partial charge in [0.2, 0.25) is 5.95 Å². The first-order valence-corrected chi connectivity index (χ1v) is 11.9. The van der Waals surface area contributed by atoms with Crippen molar-refractivity contribution in [3.05, 3.63) is 36.2 Å². The third kappa shape index (κ3) is 3.89. The molecule has 0 N–H and O–H groups in total. The summed E-state index contributed by atoms with van der Waals surface area (Å²) in [7, 11) is 1.93. The van der Waals surface area contributed by atoms with Crippen LogP contribution in [0.25, 0.3) is 11.2 Å². The number of carbonyl (C=O) groups is 1. The number of piperidine rings is 1. The van der Waals surface area contributed by atoms with Crippen molar-refractivity contribution in [1.82, 2.24) is 24.4 Å². The number of hydrogen-bond donors (Lipinski definition) is 0. The van der Waals surface area contributed by atoms with Gasteiger partial charge in [0, 0.05) is 26.7 Å². The van der Waals surface area contributed by atoms with Gasteiger partial charge in [-0.15, -0.1) is 0 Å². The first-order valence-electron chi connectivity index (χ1n) is 10.5. The lowest BCUT2D eigenvalue weighted by atomic mass is 9.89. The van der Waals surface area contributed by atoms with Crippen LogP contribution < -0.4 is 4.90 Å². The van der Waals surface area contributed by atoms with E-state index in [4.69, 9.17) is 14.1 Å². The summed E-state index contributed by atoms with van der Waals surface area (Å²) in [6.45, 7) is 3.38. The van der Waals surface area contributed by atoms with Crippen molar-refractivity contribution in [3.8, 4) is 0 Å². The lowest BCUT2D eigenvalue weighted by molar-refractivity contribution is -0.0873. The highest BCUT2D eigenvalue weighted by molar-refractivity contribution is 7.97. The fourth-order valence-corrected chi connectivity index (χ4v) is 4.81. The Balaban J connectivity index is 1.25. The van der Waals surface area contributed by atoms with Crippen LogP contribution in [0.2, 0.25) is 0 Å². The number of furan rings is 1. The highest BCUT2D eigenvalue weighted by atomic mass is 32.2. The van der Waals surface area contributed by atoms with Crippen molar-refractivity contribution in [2.24, 2.45) is 7.05 Å². The second-order valence-electron chi connectivity index (χ2n) is 8.18. The normalized spacial score (nSPS) is 18.8. The van der Waals surface area contributed by atoms with Gasteiger partial charge >= 0.3 is 0 Å². The second-order valence-corrected chi connectivity index (χ2v) is 9.04. The minimum Gasteiger partial charge on any atom is -0.455 e. The van der Waals surface area contributed by atoms with Crippen LogP contribution in [0.1, 0.15) is 29.2 Å².